The van der Waals surface area contributed by atoms with E-state index in [1.54, 1.807) is 39.0 Å². The van der Waals surface area contributed by atoms with Gasteiger partial charge in [-0.05, 0) is 57.7 Å². The fourth-order valence-corrected chi connectivity index (χ4v) is 4.89. The lowest BCUT2D eigenvalue weighted by Crippen LogP contribution is -2.57. The van der Waals surface area contributed by atoms with Gasteiger partial charge in [-0.2, -0.15) is 0 Å². The smallest absolute Gasteiger partial charge is 0.290 e. The number of piperidine rings is 1. The summed E-state index contributed by atoms with van der Waals surface area (Å²) in [5.74, 6) is -3.67. The van der Waals surface area contributed by atoms with Gasteiger partial charge in [-0.25, -0.2) is 4.98 Å². The highest BCUT2D eigenvalue weighted by Gasteiger charge is 2.36. The van der Waals surface area contributed by atoms with Crippen molar-refractivity contribution in [3.8, 4) is 0 Å². The van der Waals surface area contributed by atoms with Gasteiger partial charge < -0.3 is 21.3 Å². The number of fused-ring (bicyclic) bond motifs is 1. The molecule has 0 spiro atoms. The number of para-hydroxylation sites is 1. The summed E-state index contributed by atoms with van der Waals surface area (Å²) >= 11 is 0. The van der Waals surface area contributed by atoms with Gasteiger partial charge in [0.25, 0.3) is 11.8 Å². The molecule has 3 aromatic rings. The van der Waals surface area contributed by atoms with E-state index in [4.69, 9.17) is 0 Å². The molecule has 0 bridgehead atoms. The second-order valence-corrected chi connectivity index (χ2v) is 11.6. The number of Topliss-reactive ketones (excluding diaryl/α,β-unsaturated/α-hetero) is 1. The summed E-state index contributed by atoms with van der Waals surface area (Å²) in [5.41, 5.74) is 0.871. The number of ketones is 1. The van der Waals surface area contributed by atoms with E-state index in [0.29, 0.717) is 18.5 Å². The molecule has 10 nitrogen and oxygen atoms in total. The first-order valence-corrected chi connectivity index (χ1v) is 14.2. The minimum Gasteiger partial charge on any atom is -0.356 e. The molecule has 1 aliphatic heterocycles. The number of hydrogen-bond donors (Lipinski definition) is 4. The van der Waals surface area contributed by atoms with E-state index in [0.717, 1.165) is 17.4 Å². The Balaban J connectivity index is 1.58. The lowest BCUT2D eigenvalue weighted by Gasteiger charge is -2.28. The number of pyridine rings is 1. The average Bonchev–Trinajstić information content (AvgIpc) is 2.96. The number of hydrogen-bond acceptors (Lipinski definition) is 6. The molecule has 3 atom stereocenters. The highest BCUT2D eigenvalue weighted by atomic mass is 16.2. The molecule has 42 heavy (non-hydrogen) atoms. The van der Waals surface area contributed by atoms with Gasteiger partial charge in [-0.15, -0.1) is 0 Å². The number of carbonyl (C=O) groups is 5. The summed E-state index contributed by atoms with van der Waals surface area (Å²) in [5, 5.41) is 11.8. The number of rotatable bonds is 10. The zero-order valence-electron chi connectivity index (χ0n) is 24.1. The van der Waals surface area contributed by atoms with Crippen LogP contribution in [0.3, 0.4) is 0 Å². The fourth-order valence-electron chi connectivity index (χ4n) is 4.89. The first-order chi connectivity index (χ1) is 20.0. The van der Waals surface area contributed by atoms with Gasteiger partial charge in [-0.3, -0.25) is 24.0 Å². The summed E-state index contributed by atoms with van der Waals surface area (Å²) < 4.78 is 0. The third-order valence-electron chi connectivity index (χ3n) is 7.00. The minimum atomic E-state index is -1.26. The number of aromatic nitrogens is 1. The lowest BCUT2D eigenvalue weighted by molar-refractivity contribution is -0.142. The van der Waals surface area contributed by atoms with Gasteiger partial charge in [0.05, 0.1) is 11.6 Å². The van der Waals surface area contributed by atoms with Crippen LogP contribution in [-0.4, -0.2) is 58.6 Å². The highest BCUT2D eigenvalue weighted by molar-refractivity contribution is 6.38. The molecule has 4 rings (SSSR count). The van der Waals surface area contributed by atoms with Crippen LogP contribution in [0.5, 0.6) is 0 Å². The Bertz CT molecular complexity index is 1470. The van der Waals surface area contributed by atoms with Gasteiger partial charge in [0.1, 0.15) is 11.7 Å². The molecule has 2 heterocycles. The normalized spacial score (nSPS) is 16.5. The van der Waals surface area contributed by atoms with E-state index < -0.39 is 47.0 Å². The largest absolute Gasteiger partial charge is 0.356 e. The van der Waals surface area contributed by atoms with Gasteiger partial charge >= 0.3 is 0 Å². The molecule has 4 N–H and O–H groups in total. The predicted octanol–water partition coefficient (Wildman–Crippen LogP) is 2.46. The second kappa shape index (κ2) is 13.4. The minimum absolute atomic E-state index is 0.0355. The van der Waals surface area contributed by atoms with Crippen molar-refractivity contribution in [3.63, 3.8) is 0 Å². The topological polar surface area (TPSA) is 146 Å². The quantitative estimate of drug-likeness (QED) is 0.275. The Hall–Kier alpha value is -4.60. The highest BCUT2D eigenvalue weighted by Crippen LogP contribution is 2.19. The van der Waals surface area contributed by atoms with E-state index in [9.17, 15) is 24.0 Å². The van der Waals surface area contributed by atoms with Gasteiger partial charge in [0.15, 0.2) is 0 Å². The van der Waals surface area contributed by atoms with Crippen molar-refractivity contribution in [2.24, 2.45) is 5.92 Å². The molecule has 220 valence electrons. The number of carbonyl (C=O) groups excluding carboxylic acids is 5. The molecule has 1 saturated heterocycles. The number of amides is 4. The maximum Gasteiger partial charge on any atom is 0.290 e. The van der Waals surface area contributed by atoms with Gasteiger partial charge in [-0.1, -0.05) is 54.6 Å². The van der Waals surface area contributed by atoms with Gasteiger partial charge in [0.2, 0.25) is 17.6 Å². The Morgan fingerprint density at radius 2 is 1.64 bits per heavy atom. The first kappa shape index (κ1) is 30.4. The molecule has 1 aliphatic rings. The molecular weight excluding hydrogens is 534 g/mol. The molecule has 2 aromatic carbocycles. The van der Waals surface area contributed by atoms with Crippen molar-refractivity contribution in [1.82, 2.24) is 26.3 Å². The molecule has 4 amide bonds. The number of nitrogens with one attached hydrogen (secondary N) is 4. The van der Waals surface area contributed by atoms with Crippen LogP contribution in [0.15, 0.2) is 66.7 Å². The van der Waals surface area contributed by atoms with E-state index >= 15 is 0 Å². The Kier molecular flexibility index (Phi) is 9.67. The van der Waals surface area contributed by atoms with E-state index in [1.165, 1.54) is 0 Å². The van der Waals surface area contributed by atoms with Crippen molar-refractivity contribution in [2.75, 3.05) is 6.54 Å². The molecule has 1 aromatic heterocycles. The van der Waals surface area contributed by atoms with Crippen LogP contribution in [0.1, 0.15) is 56.1 Å². The van der Waals surface area contributed by atoms with Crippen LogP contribution >= 0.6 is 0 Å². The molecular formula is C32H37N5O5. The number of nitrogens with zero attached hydrogens (tertiary/aromatic N) is 1. The van der Waals surface area contributed by atoms with Crippen molar-refractivity contribution in [3.05, 3.63) is 78.0 Å². The van der Waals surface area contributed by atoms with E-state index in [-0.39, 0.29) is 24.4 Å². The first-order valence-electron chi connectivity index (χ1n) is 14.2. The van der Waals surface area contributed by atoms with Crippen molar-refractivity contribution in [1.29, 1.82) is 0 Å². The predicted molar refractivity (Wildman–Crippen MR) is 158 cm³/mol. The van der Waals surface area contributed by atoms with Crippen molar-refractivity contribution < 1.29 is 24.0 Å². The maximum atomic E-state index is 13.7. The number of benzene rings is 2. The van der Waals surface area contributed by atoms with Crippen LogP contribution < -0.4 is 21.3 Å². The third kappa shape index (κ3) is 8.22. The zero-order valence-corrected chi connectivity index (χ0v) is 24.1. The molecule has 0 aliphatic carbocycles. The summed E-state index contributed by atoms with van der Waals surface area (Å²) in [6.07, 6.45) is 1.35. The summed E-state index contributed by atoms with van der Waals surface area (Å²) in [7, 11) is 0. The fraction of sp³-hybridized carbons (Fsp3) is 0.375. The molecule has 1 fully saturated rings. The van der Waals surface area contributed by atoms with Crippen molar-refractivity contribution in [2.45, 2.75) is 64.1 Å². The van der Waals surface area contributed by atoms with Crippen LogP contribution in [0.2, 0.25) is 0 Å². The molecule has 10 heteroatoms. The van der Waals surface area contributed by atoms with E-state index in [2.05, 4.69) is 26.3 Å². The van der Waals surface area contributed by atoms with Crippen LogP contribution in [0.25, 0.3) is 10.9 Å². The Morgan fingerprint density at radius 3 is 2.36 bits per heavy atom. The Morgan fingerprint density at radius 1 is 0.929 bits per heavy atom. The van der Waals surface area contributed by atoms with Crippen LogP contribution in [-0.2, 0) is 25.6 Å². The van der Waals surface area contributed by atoms with E-state index in [1.807, 2.05) is 48.5 Å². The maximum absolute atomic E-state index is 13.7. The monoisotopic (exact) mass is 571 g/mol. The SMILES string of the molecule is CC(C)(C)NC(=O)C(=O)[C@H](C[C@@H]1CCCNC1=O)NC(=O)[C@H](Cc1ccccc1)NC(=O)c1ccc2ccccc2n1. The van der Waals surface area contributed by atoms with Crippen LogP contribution in [0, 0.1) is 5.92 Å². The van der Waals surface area contributed by atoms with Crippen molar-refractivity contribution >= 4 is 40.3 Å². The third-order valence-corrected chi connectivity index (χ3v) is 7.00. The zero-order chi connectivity index (χ0) is 30.3. The average molecular weight is 572 g/mol. The summed E-state index contributed by atoms with van der Waals surface area (Å²) in [6.45, 7) is 5.77. The van der Waals surface area contributed by atoms with Gasteiger partial charge in [0, 0.05) is 29.8 Å². The second-order valence-electron chi connectivity index (χ2n) is 11.6. The molecule has 0 saturated carbocycles. The standard InChI is InChI=1S/C32H37N5O5/c1-32(2,3)37-31(42)27(38)25(19-22-13-9-17-33-28(22)39)35-30(41)26(18-20-10-5-4-6-11-20)36-29(40)24-16-15-21-12-7-8-14-23(21)34-24/h4-8,10-12,14-16,22,25-26H,9,13,17-19H2,1-3H3,(H,33,39)(H,35,41)(H,36,40)(H,37,42)/t22-,25-,26-/m0/s1. The molecule has 0 radical (unpaired) electrons. The summed E-state index contributed by atoms with van der Waals surface area (Å²) in [6, 6.07) is 17.5. The molecule has 0 unspecified atom stereocenters. The lowest BCUT2D eigenvalue weighted by atomic mass is 9.89. The Labute approximate surface area is 245 Å². The van der Waals surface area contributed by atoms with Crippen LogP contribution in [0.4, 0.5) is 0 Å². The summed E-state index contributed by atoms with van der Waals surface area (Å²) in [4.78, 5) is 70.2.